The molecular weight excluding hydrogens is 286 g/mol. The molecule has 1 aromatic rings. The van der Waals surface area contributed by atoms with E-state index in [2.05, 4.69) is 5.32 Å². The highest BCUT2D eigenvalue weighted by atomic mass is 35.5. The number of rotatable bonds is 4. The van der Waals surface area contributed by atoms with Gasteiger partial charge < -0.3 is 25.2 Å². The maximum absolute atomic E-state index is 9.84. The monoisotopic (exact) mass is 303 g/mol. The van der Waals surface area contributed by atoms with Crippen LogP contribution in [0.25, 0.3) is 0 Å². The first kappa shape index (κ1) is 15.7. The molecule has 0 unspecified atom stereocenters. The SMILES string of the molecule is OC[C@@H]1O[C@@H](NCc2ccc(Cl)cc2)[C@@H](O)[C@@H](O)[C@@H]1O. The summed E-state index contributed by atoms with van der Waals surface area (Å²) < 4.78 is 5.33. The molecule has 0 spiro atoms. The lowest BCUT2D eigenvalue weighted by Crippen LogP contribution is -2.62. The summed E-state index contributed by atoms with van der Waals surface area (Å²) in [5, 5.41) is 41.8. The van der Waals surface area contributed by atoms with Crippen LogP contribution in [0, 0.1) is 0 Å². The molecule has 1 heterocycles. The van der Waals surface area contributed by atoms with E-state index < -0.39 is 37.3 Å². The van der Waals surface area contributed by atoms with Crippen molar-refractivity contribution in [1.82, 2.24) is 5.32 Å². The molecule has 112 valence electrons. The Labute approximate surface area is 121 Å². The third kappa shape index (κ3) is 3.48. The molecule has 1 fully saturated rings. The van der Waals surface area contributed by atoms with Crippen molar-refractivity contribution in [2.24, 2.45) is 0 Å². The summed E-state index contributed by atoms with van der Waals surface area (Å²) in [6.45, 7) is -0.0517. The first-order valence-electron chi connectivity index (χ1n) is 6.31. The van der Waals surface area contributed by atoms with Crippen molar-refractivity contribution in [3.63, 3.8) is 0 Å². The molecule has 1 aromatic carbocycles. The topological polar surface area (TPSA) is 102 Å². The van der Waals surface area contributed by atoms with Gasteiger partial charge in [-0.25, -0.2) is 0 Å². The summed E-state index contributed by atoms with van der Waals surface area (Å²) in [6.07, 6.45) is -5.77. The zero-order valence-corrected chi connectivity index (χ0v) is 11.4. The van der Waals surface area contributed by atoms with Crippen molar-refractivity contribution >= 4 is 11.6 Å². The molecular formula is C13H18ClNO5. The number of nitrogens with one attached hydrogen (secondary N) is 1. The molecule has 0 aromatic heterocycles. The van der Waals surface area contributed by atoms with Crippen molar-refractivity contribution in [2.75, 3.05) is 6.61 Å². The van der Waals surface area contributed by atoms with Crippen LogP contribution < -0.4 is 5.32 Å². The Bertz CT molecular complexity index is 427. The second-order valence-electron chi connectivity index (χ2n) is 4.76. The first-order chi connectivity index (χ1) is 9.52. The third-order valence-corrected chi connectivity index (χ3v) is 3.56. The second kappa shape index (κ2) is 6.82. The number of hydrogen-bond acceptors (Lipinski definition) is 6. The summed E-state index contributed by atoms with van der Waals surface area (Å²) in [7, 11) is 0. The van der Waals surface area contributed by atoms with Crippen molar-refractivity contribution in [3.8, 4) is 0 Å². The molecule has 0 bridgehead atoms. The predicted octanol–water partition coefficient (Wildman–Crippen LogP) is -0.771. The third-order valence-electron chi connectivity index (χ3n) is 3.31. The minimum atomic E-state index is -1.37. The van der Waals surface area contributed by atoms with Crippen LogP contribution in [0.15, 0.2) is 24.3 Å². The van der Waals surface area contributed by atoms with Gasteiger partial charge in [0, 0.05) is 11.6 Å². The van der Waals surface area contributed by atoms with Crippen LogP contribution in [0.2, 0.25) is 5.02 Å². The van der Waals surface area contributed by atoms with Crippen molar-refractivity contribution in [1.29, 1.82) is 0 Å². The minimum Gasteiger partial charge on any atom is -0.394 e. The molecule has 7 heteroatoms. The van der Waals surface area contributed by atoms with Gasteiger partial charge in [0.05, 0.1) is 6.61 Å². The molecule has 0 radical (unpaired) electrons. The lowest BCUT2D eigenvalue weighted by atomic mass is 9.98. The van der Waals surface area contributed by atoms with E-state index in [-0.39, 0.29) is 0 Å². The highest BCUT2D eigenvalue weighted by Gasteiger charge is 2.43. The van der Waals surface area contributed by atoms with Crippen LogP contribution in [0.5, 0.6) is 0 Å². The number of halogens is 1. The van der Waals surface area contributed by atoms with Gasteiger partial charge in [0.15, 0.2) is 0 Å². The molecule has 20 heavy (non-hydrogen) atoms. The summed E-state index contributed by atoms with van der Waals surface area (Å²) >= 11 is 5.78. The number of aliphatic hydroxyl groups excluding tert-OH is 4. The van der Waals surface area contributed by atoms with E-state index in [1.165, 1.54) is 0 Å². The molecule has 1 aliphatic rings. The van der Waals surface area contributed by atoms with Crippen LogP contribution in [-0.2, 0) is 11.3 Å². The van der Waals surface area contributed by atoms with Crippen molar-refractivity contribution < 1.29 is 25.2 Å². The second-order valence-corrected chi connectivity index (χ2v) is 5.19. The summed E-state index contributed by atoms with van der Waals surface area (Å²) in [5.41, 5.74) is 0.923. The average Bonchev–Trinajstić information content (AvgIpc) is 2.46. The zero-order chi connectivity index (χ0) is 14.7. The maximum Gasteiger partial charge on any atom is 0.137 e. The summed E-state index contributed by atoms with van der Waals surface area (Å²) in [4.78, 5) is 0. The fourth-order valence-corrected chi connectivity index (χ4v) is 2.22. The Morgan fingerprint density at radius 3 is 2.30 bits per heavy atom. The van der Waals surface area contributed by atoms with Gasteiger partial charge in [0.2, 0.25) is 0 Å². The lowest BCUT2D eigenvalue weighted by Gasteiger charge is -2.40. The summed E-state index contributed by atoms with van der Waals surface area (Å²) in [6, 6.07) is 7.12. The van der Waals surface area contributed by atoms with E-state index in [1.54, 1.807) is 12.1 Å². The van der Waals surface area contributed by atoms with Crippen LogP contribution >= 0.6 is 11.6 Å². The van der Waals surface area contributed by atoms with Gasteiger partial charge >= 0.3 is 0 Å². The average molecular weight is 304 g/mol. The minimum absolute atomic E-state index is 0.389. The van der Waals surface area contributed by atoms with Gasteiger partial charge in [0.1, 0.15) is 30.6 Å². The Kier molecular flexibility index (Phi) is 5.34. The van der Waals surface area contributed by atoms with Gasteiger partial charge in [0.25, 0.3) is 0 Å². The molecule has 0 saturated carbocycles. The molecule has 1 aliphatic heterocycles. The Morgan fingerprint density at radius 2 is 1.70 bits per heavy atom. The van der Waals surface area contributed by atoms with Gasteiger partial charge in [-0.2, -0.15) is 0 Å². The van der Waals surface area contributed by atoms with Crippen molar-refractivity contribution in [2.45, 2.75) is 37.2 Å². The predicted molar refractivity (Wildman–Crippen MR) is 72.1 cm³/mol. The highest BCUT2D eigenvalue weighted by Crippen LogP contribution is 2.20. The van der Waals surface area contributed by atoms with E-state index in [9.17, 15) is 15.3 Å². The number of hydrogen-bond donors (Lipinski definition) is 5. The van der Waals surface area contributed by atoms with Gasteiger partial charge in [-0.1, -0.05) is 23.7 Å². The smallest absolute Gasteiger partial charge is 0.137 e. The summed E-state index contributed by atoms with van der Waals surface area (Å²) in [5.74, 6) is 0. The lowest BCUT2D eigenvalue weighted by molar-refractivity contribution is -0.236. The quantitative estimate of drug-likeness (QED) is 0.501. The maximum atomic E-state index is 9.84. The van der Waals surface area contributed by atoms with E-state index in [0.717, 1.165) is 5.56 Å². The van der Waals surface area contributed by atoms with Crippen LogP contribution in [0.4, 0.5) is 0 Å². The van der Waals surface area contributed by atoms with Crippen LogP contribution in [0.3, 0.4) is 0 Å². The molecule has 5 N–H and O–H groups in total. The van der Waals surface area contributed by atoms with Crippen molar-refractivity contribution in [3.05, 3.63) is 34.9 Å². The standard InChI is InChI=1S/C13H18ClNO5/c14-8-3-1-7(2-4-8)5-15-13-12(19)11(18)10(17)9(6-16)20-13/h1-4,9-13,15-19H,5-6H2/t9-,10+,11-,12-,13+/m0/s1. The first-order valence-corrected chi connectivity index (χ1v) is 6.69. The number of aliphatic hydroxyl groups is 4. The van der Waals surface area contributed by atoms with Gasteiger partial charge in [-0.05, 0) is 17.7 Å². The van der Waals surface area contributed by atoms with E-state index in [1.807, 2.05) is 12.1 Å². The fraction of sp³-hybridized carbons (Fsp3) is 0.538. The number of ether oxygens (including phenoxy) is 1. The Morgan fingerprint density at radius 1 is 1.05 bits per heavy atom. The fourth-order valence-electron chi connectivity index (χ4n) is 2.09. The Hall–Kier alpha value is -0.730. The van der Waals surface area contributed by atoms with Gasteiger partial charge in [-0.15, -0.1) is 0 Å². The molecule has 5 atom stereocenters. The molecule has 1 saturated heterocycles. The van der Waals surface area contributed by atoms with E-state index in [4.69, 9.17) is 21.4 Å². The van der Waals surface area contributed by atoms with Crippen LogP contribution in [0.1, 0.15) is 5.56 Å². The molecule has 2 rings (SSSR count). The van der Waals surface area contributed by atoms with Crippen LogP contribution in [-0.4, -0.2) is 57.7 Å². The number of benzene rings is 1. The van der Waals surface area contributed by atoms with E-state index in [0.29, 0.717) is 11.6 Å². The van der Waals surface area contributed by atoms with E-state index >= 15 is 0 Å². The molecule has 0 amide bonds. The highest BCUT2D eigenvalue weighted by molar-refractivity contribution is 6.30. The van der Waals surface area contributed by atoms with Gasteiger partial charge in [-0.3, -0.25) is 5.32 Å². The largest absolute Gasteiger partial charge is 0.394 e. The normalized spacial score (nSPS) is 34.1. The molecule has 0 aliphatic carbocycles. The Balaban J connectivity index is 1.95. The zero-order valence-electron chi connectivity index (χ0n) is 10.7. The molecule has 6 nitrogen and oxygen atoms in total.